The molecule has 5 nitrogen and oxygen atoms in total. The third-order valence-corrected chi connectivity index (χ3v) is 4.27. The highest BCUT2D eigenvalue weighted by Gasteiger charge is 2.33. The van der Waals surface area contributed by atoms with Gasteiger partial charge in [-0.25, -0.2) is 4.98 Å². The predicted octanol–water partition coefficient (Wildman–Crippen LogP) is 4.22. The lowest BCUT2D eigenvalue weighted by Gasteiger charge is -2.16. The van der Waals surface area contributed by atoms with Crippen molar-refractivity contribution in [3.8, 4) is 5.75 Å². The van der Waals surface area contributed by atoms with Crippen LogP contribution in [0.4, 0.5) is 19.0 Å². The van der Waals surface area contributed by atoms with E-state index in [2.05, 4.69) is 29.5 Å². The molecule has 1 aromatic carbocycles. The molecule has 0 bridgehead atoms. The molecule has 1 atom stereocenters. The first-order valence-electron chi connectivity index (χ1n) is 9.07. The van der Waals surface area contributed by atoms with Crippen LogP contribution in [0.2, 0.25) is 0 Å². The second-order valence-electron chi connectivity index (χ2n) is 6.31. The highest BCUT2D eigenvalue weighted by atomic mass is 19.4. The lowest BCUT2D eigenvalue weighted by molar-refractivity contribution is -0.137. The number of benzene rings is 1. The number of hydrogen-bond acceptors (Lipinski definition) is 4. The van der Waals surface area contributed by atoms with Gasteiger partial charge >= 0.3 is 6.18 Å². The van der Waals surface area contributed by atoms with Crippen LogP contribution in [0, 0.1) is 0 Å². The van der Waals surface area contributed by atoms with E-state index < -0.39 is 11.7 Å². The lowest BCUT2D eigenvalue weighted by atomic mass is 9.98. The topological polar surface area (TPSA) is 63.2 Å². The molecule has 1 aromatic heterocycles. The number of nitrogens with one attached hydrogen (secondary N) is 2. The van der Waals surface area contributed by atoms with Gasteiger partial charge in [-0.05, 0) is 36.1 Å². The first-order chi connectivity index (χ1) is 13.3. The van der Waals surface area contributed by atoms with E-state index in [1.54, 1.807) is 0 Å². The summed E-state index contributed by atoms with van der Waals surface area (Å²) in [6.07, 6.45) is -2.26. The Morgan fingerprint density at radius 2 is 1.93 bits per heavy atom. The van der Waals surface area contributed by atoms with Crippen molar-refractivity contribution in [1.82, 2.24) is 10.3 Å². The highest BCUT2D eigenvalue weighted by molar-refractivity contribution is 5.77. The zero-order chi connectivity index (χ0) is 20.6. The number of para-hydroxylation sites is 1. The minimum Gasteiger partial charge on any atom is -0.483 e. The molecule has 2 N–H and O–H groups in total. The summed E-state index contributed by atoms with van der Waals surface area (Å²) in [4.78, 5) is 15.6. The summed E-state index contributed by atoms with van der Waals surface area (Å²) in [7, 11) is 0. The first kappa shape index (κ1) is 21.5. The van der Waals surface area contributed by atoms with E-state index in [1.165, 1.54) is 12.3 Å². The molecule has 0 radical (unpaired) electrons. The SMILES string of the molecule is CCC(C)c1ccccc1OCC(=O)NCCNc1ncccc1C(F)(F)F. The van der Waals surface area contributed by atoms with Crippen LogP contribution < -0.4 is 15.4 Å². The van der Waals surface area contributed by atoms with Crippen LogP contribution in [0.15, 0.2) is 42.6 Å². The summed E-state index contributed by atoms with van der Waals surface area (Å²) in [5.41, 5.74) is 0.195. The van der Waals surface area contributed by atoms with Crippen molar-refractivity contribution in [2.24, 2.45) is 0 Å². The van der Waals surface area contributed by atoms with E-state index in [0.717, 1.165) is 18.1 Å². The zero-order valence-electron chi connectivity index (χ0n) is 15.8. The third-order valence-electron chi connectivity index (χ3n) is 4.27. The molecular formula is C20H24F3N3O2. The quantitative estimate of drug-likeness (QED) is 0.624. The standard InChI is InChI=1S/C20H24F3N3O2/c1-3-14(2)15-7-4-5-9-17(15)28-13-18(27)24-11-12-26-19-16(20(21,22)23)8-6-10-25-19/h4-10,14H,3,11-13H2,1-2H3,(H,24,27)(H,25,26). The predicted molar refractivity (Wildman–Crippen MR) is 101 cm³/mol. The molecule has 0 aliphatic carbocycles. The number of alkyl halides is 3. The number of ether oxygens (including phenoxy) is 1. The molecule has 0 saturated heterocycles. The number of carbonyl (C=O) groups excluding carboxylic acids is 1. The van der Waals surface area contributed by atoms with Crippen LogP contribution in [-0.4, -0.2) is 30.6 Å². The fourth-order valence-electron chi connectivity index (χ4n) is 2.59. The Balaban J connectivity index is 1.79. The van der Waals surface area contributed by atoms with Gasteiger partial charge in [0.25, 0.3) is 5.91 Å². The summed E-state index contributed by atoms with van der Waals surface area (Å²) in [5, 5.41) is 5.20. The molecule has 8 heteroatoms. The van der Waals surface area contributed by atoms with E-state index >= 15 is 0 Å². The number of halogens is 3. The molecule has 1 amide bonds. The van der Waals surface area contributed by atoms with E-state index in [-0.39, 0.29) is 31.4 Å². The smallest absolute Gasteiger partial charge is 0.419 e. The van der Waals surface area contributed by atoms with Crippen molar-refractivity contribution in [3.05, 3.63) is 53.7 Å². The maximum absolute atomic E-state index is 12.9. The molecule has 152 valence electrons. The Morgan fingerprint density at radius 3 is 2.64 bits per heavy atom. The Bertz CT molecular complexity index is 781. The minimum absolute atomic E-state index is 0.106. The van der Waals surface area contributed by atoms with E-state index in [9.17, 15) is 18.0 Å². The summed E-state index contributed by atoms with van der Waals surface area (Å²) < 4.78 is 44.3. The van der Waals surface area contributed by atoms with Gasteiger partial charge in [-0.2, -0.15) is 13.2 Å². The van der Waals surface area contributed by atoms with Crippen molar-refractivity contribution in [1.29, 1.82) is 0 Å². The maximum atomic E-state index is 12.9. The molecule has 0 saturated carbocycles. The lowest BCUT2D eigenvalue weighted by Crippen LogP contribution is -2.33. The van der Waals surface area contributed by atoms with E-state index in [0.29, 0.717) is 11.7 Å². The number of nitrogens with zero attached hydrogens (tertiary/aromatic N) is 1. The van der Waals surface area contributed by atoms with Gasteiger partial charge in [0.2, 0.25) is 0 Å². The number of amides is 1. The monoisotopic (exact) mass is 395 g/mol. The minimum atomic E-state index is -4.49. The molecule has 0 fully saturated rings. The Hall–Kier alpha value is -2.77. The van der Waals surface area contributed by atoms with Crippen LogP contribution in [0.5, 0.6) is 5.75 Å². The molecule has 1 heterocycles. The molecule has 0 spiro atoms. The molecule has 0 aliphatic heterocycles. The first-order valence-corrected chi connectivity index (χ1v) is 9.07. The summed E-state index contributed by atoms with van der Waals surface area (Å²) >= 11 is 0. The fourth-order valence-corrected chi connectivity index (χ4v) is 2.59. The molecule has 28 heavy (non-hydrogen) atoms. The number of carbonyl (C=O) groups is 1. The van der Waals surface area contributed by atoms with E-state index in [1.807, 2.05) is 24.3 Å². The van der Waals surface area contributed by atoms with Crippen LogP contribution in [0.3, 0.4) is 0 Å². The van der Waals surface area contributed by atoms with Gasteiger partial charge in [-0.15, -0.1) is 0 Å². The average Bonchev–Trinajstić information content (AvgIpc) is 2.69. The molecule has 2 aromatic rings. The molecular weight excluding hydrogens is 371 g/mol. The van der Waals surface area contributed by atoms with Crippen molar-refractivity contribution in [2.45, 2.75) is 32.4 Å². The van der Waals surface area contributed by atoms with Crippen molar-refractivity contribution < 1.29 is 22.7 Å². The number of pyridine rings is 1. The largest absolute Gasteiger partial charge is 0.483 e. The number of anilines is 1. The van der Waals surface area contributed by atoms with Gasteiger partial charge in [0.15, 0.2) is 6.61 Å². The fraction of sp³-hybridized carbons (Fsp3) is 0.400. The molecule has 2 rings (SSSR count). The van der Waals surface area contributed by atoms with Crippen molar-refractivity contribution in [3.63, 3.8) is 0 Å². The van der Waals surface area contributed by atoms with Crippen LogP contribution >= 0.6 is 0 Å². The van der Waals surface area contributed by atoms with Gasteiger partial charge < -0.3 is 15.4 Å². The van der Waals surface area contributed by atoms with Gasteiger partial charge in [-0.3, -0.25) is 4.79 Å². The van der Waals surface area contributed by atoms with Crippen LogP contribution in [-0.2, 0) is 11.0 Å². The van der Waals surface area contributed by atoms with E-state index in [4.69, 9.17) is 4.74 Å². The van der Waals surface area contributed by atoms with Gasteiger partial charge in [0, 0.05) is 19.3 Å². The maximum Gasteiger partial charge on any atom is 0.419 e. The van der Waals surface area contributed by atoms with Crippen LogP contribution in [0.25, 0.3) is 0 Å². The summed E-state index contributed by atoms with van der Waals surface area (Å²) in [6.45, 7) is 4.25. The van der Waals surface area contributed by atoms with Crippen LogP contribution in [0.1, 0.15) is 37.3 Å². The van der Waals surface area contributed by atoms with Gasteiger partial charge in [-0.1, -0.05) is 32.0 Å². The summed E-state index contributed by atoms with van der Waals surface area (Å²) in [6, 6.07) is 9.73. The zero-order valence-corrected chi connectivity index (χ0v) is 15.8. The van der Waals surface area contributed by atoms with Gasteiger partial charge in [0.1, 0.15) is 11.6 Å². The molecule has 0 aliphatic rings. The number of hydrogen-bond donors (Lipinski definition) is 2. The normalized spacial score (nSPS) is 12.3. The van der Waals surface area contributed by atoms with Crippen molar-refractivity contribution >= 4 is 11.7 Å². The number of rotatable bonds is 9. The average molecular weight is 395 g/mol. The number of aromatic nitrogens is 1. The second kappa shape index (κ2) is 9.96. The summed E-state index contributed by atoms with van der Waals surface area (Å²) in [5.74, 6) is 0.360. The Kier molecular flexibility index (Phi) is 7.66. The Labute approximate surface area is 162 Å². The second-order valence-corrected chi connectivity index (χ2v) is 6.31. The molecule has 1 unspecified atom stereocenters. The van der Waals surface area contributed by atoms with Gasteiger partial charge in [0.05, 0.1) is 5.56 Å². The van der Waals surface area contributed by atoms with Crippen molar-refractivity contribution in [2.75, 3.05) is 25.0 Å². The Morgan fingerprint density at radius 1 is 1.18 bits per heavy atom. The third kappa shape index (κ3) is 6.14. The highest BCUT2D eigenvalue weighted by Crippen LogP contribution is 2.33.